The number of hydrogen-bond donors (Lipinski definition) is 0. The van der Waals surface area contributed by atoms with E-state index in [0.29, 0.717) is 21.4 Å². The van der Waals surface area contributed by atoms with Crippen molar-refractivity contribution in [1.29, 1.82) is 0 Å². The minimum Gasteiger partial charge on any atom is -0.494 e. The highest BCUT2D eigenvalue weighted by Crippen LogP contribution is 2.35. The number of ether oxygens (including phenoxy) is 1. The van der Waals surface area contributed by atoms with E-state index in [-0.39, 0.29) is 11.9 Å². The van der Waals surface area contributed by atoms with E-state index in [1.165, 1.54) is 7.11 Å². The van der Waals surface area contributed by atoms with Crippen LogP contribution in [0.2, 0.25) is 10.0 Å². The van der Waals surface area contributed by atoms with Crippen molar-refractivity contribution in [3.05, 3.63) is 27.7 Å². The largest absolute Gasteiger partial charge is 0.494 e. The minimum atomic E-state index is -0.107. The van der Waals surface area contributed by atoms with Gasteiger partial charge in [-0.25, -0.2) is 0 Å². The van der Waals surface area contributed by atoms with Crippen LogP contribution in [0.25, 0.3) is 0 Å². The van der Waals surface area contributed by atoms with Crippen molar-refractivity contribution in [1.82, 2.24) is 4.90 Å². The summed E-state index contributed by atoms with van der Waals surface area (Å²) >= 11 is 12.1. The van der Waals surface area contributed by atoms with E-state index in [9.17, 15) is 4.79 Å². The van der Waals surface area contributed by atoms with Gasteiger partial charge in [0.15, 0.2) is 5.75 Å². The first-order chi connectivity index (χ1) is 8.56. The molecule has 0 bridgehead atoms. The van der Waals surface area contributed by atoms with E-state index >= 15 is 0 Å². The summed E-state index contributed by atoms with van der Waals surface area (Å²) < 4.78 is 5.21. The monoisotopic (exact) mass is 287 g/mol. The summed E-state index contributed by atoms with van der Waals surface area (Å²) in [4.78, 5) is 14.3. The van der Waals surface area contributed by atoms with Gasteiger partial charge in [-0.2, -0.15) is 0 Å². The molecule has 0 N–H and O–H groups in total. The van der Waals surface area contributed by atoms with Crippen LogP contribution < -0.4 is 4.74 Å². The smallest absolute Gasteiger partial charge is 0.259 e. The second kappa shape index (κ2) is 5.37. The number of carbonyl (C=O) groups is 1. The first kappa shape index (κ1) is 13.5. The summed E-state index contributed by atoms with van der Waals surface area (Å²) in [5, 5.41) is 0.775. The lowest BCUT2D eigenvalue weighted by atomic mass is 10.1. The maximum atomic E-state index is 12.5. The van der Waals surface area contributed by atoms with Crippen LogP contribution in [0.3, 0.4) is 0 Å². The van der Waals surface area contributed by atoms with E-state index in [1.807, 2.05) is 11.8 Å². The third-order valence-corrected chi connectivity index (χ3v) is 3.90. The molecule has 5 heteroatoms. The molecule has 1 aliphatic heterocycles. The molecule has 3 nitrogen and oxygen atoms in total. The van der Waals surface area contributed by atoms with Crippen molar-refractivity contribution in [3.8, 4) is 5.75 Å². The van der Waals surface area contributed by atoms with Crippen molar-refractivity contribution in [2.75, 3.05) is 13.7 Å². The molecule has 0 aromatic heterocycles. The van der Waals surface area contributed by atoms with Gasteiger partial charge in [-0.15, -0.1) is 0 Å². The number of benzene rings is 1. The molecule has 1 heterocycles. The number of methoxy groups -OCH3 is 1. The van der Waals surface area contributed by atoms with Crippen LogP contribution in [0.1, 0.15) is 30.1 Å². The number of rotatable bonds is 2. The summed E-state index contributed by atoms with van der Waals surface area (Å²) in [5.74, 6) is 0.248. The Kier molecular flexibility index (Phi) is 4.03. The van der Waals surface area contributed by atoms with Crippen molar-refractivity contribution >= 4 is 29.1 Å². The van der Waals surface area contributed by atoms with Gasteiger partial charge in [0.2, 0.25) is 0 Å². The van der Waals surface area contributed by atoms with Crippen molar-refractivity contribution in [3.63, 3.8) is 0 Å². The number of likely N-dealkylation sites (tertiary alicyclic amines) is 1. The van der Waals surface area contributed by atoms with Crippen LogP contribution in [-0.4, -0.2) is 30.5 Å². The van der Waals surface area contributed by atoms with Gasteiger partial charge < -0.3 is 9.64 Å². The second-order valence-electron chi connectivity index (χ2n) is 4.43. The van der Waals surface area contributed by atoms with Crippen molar-refractivity contribution < 1.29 is 9.53 Å². The Morgan fingerprint density at radius 3 is 2.61 bits per heavy atom. The molecule has 1 saturated heterocycles. The molecular formula is C13H15Cl2NO2. The maximum Gasteiger partial charge on any atom is 0.259 e. The quantitative estimate of drug-likeness (QED) is 0.831. The molecule has 1 amide bonds. The van der Waals surface area contributed by atoms with Crippen LogP contribution in [0, 0.1) is 0 Å². The molecule has 1 aromatic rings. The van der Waals surface area contributed by atoms with Crippen LogP contribution in [0.4, 0.5) is 0 Å². The van der Waals surface area contributed by atoms with Gasteiger partial charge in [0, 0.05) is 12.6 Å². The minimum absolute atomic E-state index is 0.107. The summed E-state index contributed by atoms with van der Waals surface area (Å²) in [5.41, 5.74) is 0.361. The normalized spacial score (nSPS) is 19.1. The third kappa shape index (κ3) is 2.29. The molecular weight excluding hydrogens is 273 g/mol. The first-order valence-corrected chi connectivity index (χ1v) is 6.64. The zero-order valence-corrected chi connectivity index (χ0v) is 11.9. The Morgan fingerprint density at radius 2 is 2.06 bits per heavy atom. The Morgan fingerprint density at radius 1 is 1.39 bits per heavy atom. The Balaban J connectivity index is 2.43. The van der Waals surface area contributed by atoms with Gasteiger partial charge in [0.25, 0.3) is 5.91 Å². The number of nitrogens with zero attached hydrogens (tertiary/aromatic N) is 1. The molecule has 1 unspecified atom stereocenters. The molecule has 1 aromatic carbocycles. The molecule has 18 heavy (non-hydrogen) atoms. The van der Waals surface area contributed by atoms with Crippen LogP contribution in [0.15, 0.2) is 12.1 Å². The zero-order valence-electron chi connectivity index (χ0n) is 10.4. The fourth-order valence-corrected chi connectivity index (χ4v) is 2.77. The second-order valence-corrected chi connectivity index (χ2v) is 5.24. The molecule has 0 spiro atoms. The summed E-state index contributed by atoms with van der Waals surface area (Å²) in [6.45, 7) is 2.79. The van der Waals surface area contributed by atoms with E-state index in [2.05, 4.69) is 0 Å². The summed E-state index contributed by atoms with van der Waals surface area (Å²) in [6, 6.07) is 3.49. The molecule has 0 saturated carbocycles. The van der Waals surface area contributed by atoms with Crippen LogP contribution >= 0.6 is 23.2 Å². The maximum absolute atomic E-state index is 12.5. The Bertz CT molecular complexity index is 476. The number of amides is 1. The highest BCUT2D eigenvalue weighted by atomic mass is 35.5. The number of hydrogen-bond acceptors (Lipinski definition) is 2. The van der Waals surface area contributed by atoms with E-state index in [0.717, 1.165) is 19.4 Å². The van der Waals surface area contributed by atoms with E-state index in [1.54, 1.807) is 12.1 Å². The van der Waals surface area contributed by atoms with Crippen LogP contribution in [-0.2, 0) is 0 Å². The number of halogens is 2. The molecule has 98 valence electrons. The lowest BCUT2D eigenvalue weighted by molar-refractivity contribution is 0.0744. The summed E-state index contributed by atoms with van der Waals surface area (Å²) in [7, 11) is 1.49. The van der Waals surface area contributed by atoms with Gasteiger partial charge in [-0.1, -0.05) is 23.2 Å². The molecule has 0 radical (unpaired) electrons. The van der Waals surface area contributed by atoms with Gasteiger partial charge in [-0.05, 0) is 31.9 Å². The lowest BCUT2D eigenvalue weighted by Crippen LogP contribution is -2.34. The van der Waals surface area contributed by atoms with Gasteiger partial charge in [0.1, 0.15) is 5.56 Å². The SMILES string of the molecule is COc1c(Cl)ccc(Cl)c1C(=O)N1CCCC1C. The van der Waals surface area contributed by atoms with E-state index in [4.69, 9.17) is 27.9 Å². The average Bonchev–Trinajstić information content (AvgIpc) is 2.77. The molecule has 2 rings (SSSR count). The predicted molar refractivity (Wildman–Crippen MR) is 72.7 cm³/mol. The van der Waals surface area contributed by atoms with Gasteiger partial charge >= 0.3 is 0 Å². The van der Waals surface area contributed by atoms with Crippen LogP contribution in [0.5, 0.6) is 5.75 Å². The highest BCUT2D eigenvalue weighted by Gasteiger charge is 2.30. The Labute approximate surface area is 117 Å². The fraction of sp³-hybridized carbons (Fsp3) is 0.462. The summed E-state index contributed by atoms with van der Waals surface area (Å²) in [6.07, 6.45) is 2.04. The van der Waals surface area contributed by atoms with Crippen molar-refractivity contribution in [2.45, 2.75) is 25.8 Å². The molecule has 0 aliphatic carbocycles. The predicted octanol–water partition coefficient (Wildman–Crippen LogP) is 3.63. The van der Waals surface area contributed by atoms with E-state index < -0.39 is 0 Å². The molecule has 1 fully saturated rings. The van der Waals surface area contributed by atoms with Crippen molar-refractivity contribution in [2.24, 2.45) is 0 Å². The first-order valence-electron chi connectivity index (χ1n) is 5.89. The standard InChI is InChI=1S/C13H15Cl2NO2/c1-8-4-3-7-16(8)13(17)11-9(14)5-6-10(15)12(11)18-2/h5-6,8H,3-4,7H2,1-2H3. The molecule has 1 aliphatic rings. The zero-order chi connectivity index (χ0) is 13.3. The lowest BCUT2D eigenvalue weighted by Gasteiger charge is -2.23. The fourth-order valence-electron chi connectivity index (χ4n) is 2.31. The highest BCUT2D eigenvalue weighted by molar-refractivity contribution is 6.37. The Hall–Kier alpha value is -0.930. The average molecular weight is 288 g/mol. The van der Waals surface area contributed by atoms with Gasteiger partial charge in [-0.3, -0.25) is 4.79 Å². The third-order valence-electron chi connectivity index (χ3n) is 3.29. The topological polar surface area (TPSA) is 29.5 Å². The molecule has 1 atom stereocenters. The van der Waals surface area contributed by atoms with Gasteiger partial charge in [0.05, 0.1) is 17.2 Å². The number of carbonyl (C=O) groups excluding carboxylic acids is 1.